The first kappa shape index (κ1) is 27.7. The molecule has 1 fully saturated rings. The number of hydrogen-bond acceptors (Lipinski definition) is 10. The van der Waals surface area contributed by atoms with Gasteiger partial charge in [0.25, 0.3) is 0 Å². The Morgan fingerprint density at radius 2 is 1.60 bits per heavy atom. The standard InChI is InChI=1S/C30H36FN9O2/c1-41-26-8-5-21(17-27(26)42-2)9-11-32-28-35-29(37-30(36-28)40-12-10-24-25(19-40)34-20-33-24)39-15-13-38(14-16-39)18-22-3-6-23(31)7-4-22/h3-8,17,20H,9-16,18-19H2,1-2H3,(H,33,34)(H,32,35,36,37). The van der Waals surface area contributed by atoms with Gasteiger partial charge in [-0.2, -0.15) is 15.0 Å². The van der Waals surface area contributed by atoms with E-state index in [9.17, 15) is 4.39 Å². The summed E-state index contributed by atoms with van der Waals surface area (Å²) in [7, 11) is 3.28. The van der Waals surface area contributed by atoms with Crippen LogP contribution in [0.1, 0.15) is 22.5 Å². The van der Waals surface area contributed by atoms with Crippen molar-refractivity contribution in [3.8, 4) is 11.5 Å². The molecule has 4 aromatic rings. The van der Waals surface area contributed by atoms with Gasteiger partial charge in [0.1, 0.15) is 5.82 Å². The quantitative estimate of drug-likeness (QED) is 0.294. The SMILES string of the molecule is COc1ccc(CCNc2nc(N3CCN(Cc4ccc(F)cc4)CC3)nc(N3CCc4nc[nH]c4C3)n2)cc1OC. The number of nitrogens with one attached hydrogen (secondary N) is 2. The van der Waals surface area contributed by atoms with Crippen LogP contribution in [0.5, 0.6) is 11.5 Å². The van der Waals surface area contributed by atoms with Gasteiger partial charge in [0.05, 0.1) is 38.5 Å². The number of piperazine rings is 1. The van der Waals surface area contributed by atoms with Crippen LogP contribution in [0.25, 0.3) is 0 Å². The summed E-state index contributed by atoms with van der Waals surface area (Å²) < 4.78 is 24.1. The molecular formula is C30H36FN9O2. The van der Waals surface area contributed by atoms with E-state index in [0.717, 1.165) is 74.6 Å². The molecule has 0 unspecified atom stereocenters. The Bertz CT molecular complexity index is 1490. The lowest BCUT2D eigenvalue weighted by Crippen LogP contribution is -2.46. The number of hydrogen-bond donors (Lipinski definition) is 2. The monoisotopic (exact) mass is 573 g/mol. The first-order chi connectivity index (χ1) is 20.6. The minimum absolute atomic E-state index is 0.209. The highest BCUT2D eigenvalue weighted by Gasteiger charge is 2.25. The molecule has 0 spiro atoms. The van der Waals surface area contributed by atoms with Crippen LogP contribution in [0.3, 0.4) is 0 Å². The Morgan fingerprint density at radius 1 is 0.857 bits per heavy atom. The predicted molar refractivity (Wildman–Crippen MR) is 159 cm³/mol. The van der Waals surface area contributed by atoms with Crippen LogP contribution >= 0.6 is 0 Å². The van der Waals surface area contributed by atoms with E-state index >= 15 is 0 Å². The lowest BCUT2D eigenvalue weighted by molar-refractivity contribution is 0.248. The van der Waals surface area contributed by atoms with Crippen LogP contribution in [0.2, 0.25) is 0 Å². The summed E-state index contributed by atoms with van der Waals surface area (Å²) in [4.78, 5) is 29.0. The topological polar surface area (TPSA) is 108 Å². The van der Waals surface area contributed by atoms with Crippen molar-refractivity contribution in [2.45, 2.75) is 25.9 Å². The molecule has 0 aliphatic carbocycles. The maximum Gasteiger partial charge on any atom is 0.232 e. The van der Waals surface area contributed by atoms with Crippen molar-refractivity contribution in [1.82, 2.24) is 29.8 Å². The molecule has 220 valence electrons. The second-order valence-electron chi connectivity index (χ2n) is 10.5. The summed E-state index contributed by atoms with van der Waals surface area (Å²) >= 11 is 0. The molecule has 0 amide bonds. The predicted octanol–water partition coefficient (Wildman–Crippen LogP) is 3.29. The molecule has 2 aromatic carbocycles. The second kappa shape index (κ2) is 12.6. The van der Waals surface area contributed by atoms with Gasteiger partial charge in [-0.15, -0.1) is 0 Å². The maximum atomic E-state index is 13.3. The third-order valence-corrected chi connectivity index (χ3v) is 7.79. The molecule has 2 aliphatic rings. The Labute approximate surface area is 244 Å². The van der Waals surface area contributed by atoms with Gasteiger partial charge in [-0.3, -0.25) is 4.90 Å². The van der Waals surface area contributed by atoms with E-state index in [4.69, 9.17) is 24.4 Å². The average Bonchev–Trinajstić information content (AvgIpc) is 3.50. The second-order valence-corrected chi connectivity index (χ2v) is 10.5. The lowest BCUT2D eigenvalue weighted by atomic mass is 10.1. The maximum absolute atomic E-state index is 13.3. The largest absolute Gasteiger partial charge is 0.493 e. The van der Waals surface area contributed by atoms with Gasteiger partial charge in [-0.05, 0) is 41.8 Å². The Morgan fingerprint density at radius 3 is 2.36 bits per heavy atom. The van der Waals surface area contributed by atoms with E-state index in [-0.39, 0.29) is 5.82 Å². The van der Waals surface area contributed by atoms with Gasteiger partial charge >= 0.3 is 0 Å². The minimum Gasteiger partial charge on any atom is -0.493 e. The number of aromatic nitrogens is 5. The summed E-state index contributed by atoms with van der Waals surface area (Å²) in [6.07, 6.45) is 3.35. The zero-order valence-corrected chi connectivity index (χ0v) is 24.0. The van der Waals surface area contributed by atoms with Crippen molar-refractivity contribution in [2.75, 3.05) is 68.6 Å². The van der Waals surface area contributed by atoms with Crippen LogP contribution in [0.4, 0.5) is 22.2 Å². The number of anilines is 3. The molecule has 42 heavy (non-hydrogen) atoms. The molecule has 0 saturated carbocycles. The molecule has 0 radical (unpaired) electrons. The van der Waals surface area contributed by atoms with E-state index in [1.807, 2.05) is 30.3 Å². The summed E-state index contributed by atoms with van der Waals surface area (Å²) in [6.45, 7) is 6.21. The minimum atomic E-state index is -0.209. The molecule has 2 N–H and O–H groups in total. The third kappa shape index (κ3) is 6.38. The summed E-state index contributed by atoms with van der Waals surface area (Å²) in [5, 5.41) is 3.43. The fourth-order valence-electron chi connectivity index (χ4n) is 5.41. The van der Waals surface area contributed by atoms with Crippen molar-refractivity contribution < 1.29 is 13.9 Å². The van der Waals surface area contributed by atoms with Crippen LogP contribution in [0.15, 0.2) is 48.8 Å². The Hall–Kier alpha value is -4.45. The summed E-state index contributed by atoms with van der Waals surface area (Å²) in [5.74, 6) is 3.09. The smallest absolute Gasteiger partial charge is 0.232 e. The number of H-pyrrole nitrogens is 1. The zero-order valence-electron chi connectivity index (χ0n) is 24.0. The van der Waals surface area contributed by atoms with Gasteiger partial charge in [-0.1, -0.05) is 18.2 Å². The van der Waals surface area contributed by atoms with Gasteiger partial charge in [-0.25, -0.2) is 9.37 Å². The molecule has 2 aromatic heterocycles. The van der Waals surface area contributed by atoms with E-state index in [0.29, 0.717) is 42.4 Å². The molecule has 4 heterocycles. The van der Waals surface area contributed by atoms with Crippen molar-refractivity contribution >= 4 is 17.8 Å². The average molecular weight is 574 g/mol. The molecule has 2 aliphatic heterocycles. The van der Waals surface area contributed by atoms with E-state index in [1.165, 1.54) is 12.1 Å². The molecule has 0 bridgehead atoms. The first-order valence-corrected chi connectivity index (χ1v) is 14.3. The van der Waals surface area contributed by atoms with E-state index in [2.05, 4.69) is 30.0 Å². The number of methoxy groups -OCH3 is 2. The normalized spacial score (nSPS) is 15.4. The third-order valence-electron chi connectivity index (χ3n) is 7.79. The molecule has 12 heteroatoms. The highest BCUT2D eigenvalue weighted by Crippen LogP contribution is 2.28. The van der Waals surface area contributed by atoms with Crippen molar-refractivity contribution in [3.63, 3.8) is 0 Å². The van der Waals surface area contributed by atoms with Gasteiger partial charge in [0.2, 0.25) is 17.8 Å². The van der Waals surface area contributed by atoms with Crippen molar-refractivity contribution in [1.29, 1.82) is 0 Å². The number of benzene rings is 2. The Balaban J connectivity index is 1.16. The number of ether oxygens (including phenoxy) is 2. The summed E-state index contributed by atoms with van der Waals surface area (Å²) in [5.41, 5.74) is 4.43. The molecular weight excluding hydrogens is 537 g/mol. The fraction of sp³-hybridized carbons (Fsp3) is 0.400. The number of fused-ring (bicyclic) bond motifs is 1. The van der Waals surface area contributed by atoms with Gasteiger partial charge in [0, 0.05) is 52.2 Å². The van der Waals surface area contributed by atoms with Crippen molar-refractivity contribution in [2.24, 2.45) is 0 Å². The van der Waals surface area contributed by atoms with Crippen molar-refractivity contribution in [3.05, 3.63) is 77.1 Å². The molecule has 1 saturated heterocycles. The van der Waals surface area contributed by atoms with E-state index in [1.54, 1.807) is 20.5 Å². The molecule has 0 atom stereocenters. The number of nitrogens with zero attached hydrogens (tertiary/aromatic N) is 7. The van der Waals surface area contributed by atoms with Crippen LogP contribution < -0.4 is 24.6 Å². The van der Waals surface area contributed by atoms with Gasteiger partial charge in [0.15, 0.2) is 11.5 Å². The van der Waals surface area contributed by atoms with Crippen LogP contribution in [-0.4, -0.2) is 83.3 Å². The lowest BCUT2D eigenvalue weighted by Gasteiger charge is -2.35. The molecule has 11 nitrogen and oxygen atoms in total. The van der Waals surface area contributed by atoms with Crippen LogP contribution in [-0.2, 0) is 25.9 Å². The molecule has 6 rings (SSSR count). The highest BCUT2D eigenvalue weighted by atomic mass is 19.1. The number of rotatable bonds is 10. The number of halogens is 1. The first-order valence-electron chi connectivity index (χ1n) is 14.3. The zero-order chi connectivity index (χ0) is 28.9. The summed E-state index contributed by atoms with van der Waals surface area (Å²) in [6, 6.07) is 12.7. The Kier molecular flexibility index (Phi) is 8.31. The van der Waals surface area contributed by atoms with E-state index < -0.39 is 0 Å². The fourth-order valence-corrected chi connectivity index (χ4v) is 5.41. The number of imidazole rings is 1. The van der Waals surface area contributed by atoms with Gasteiger partial charge < -0.3 is 29.6 Å². The number of aromatic amines is 1. The van der Waals surface area contributed by atoms with Crippen LogP contribution in [0, 0.1) is 5.82 Å². The highest BCUT2D eigenvalue weighted by molar-refractivity contribution is 5.47.